The van der Waals surface area contributed by atoms with Crippen LogP contribution in [0.25, 0.3) is 10.2 Å². The summed E-state index contributed by atoms with van der Waals surface area (Å²) in [4.78, 5) is 21.7. The molecule has 0 saturated carbocycles. The molecule has 0 spiro atoms. The summed E-state index contributed by atoms with van der Waals surface area (Å²) in [5.41, 5.74) is 2.05. The summed E-state index contributed by atoms with van der Waals surface area (Å²) in [6.07, 6.45) is 2.02. The number of thiazole rings is 1. The van der Waals surface area contributed by atoms with E-state index in [4.69, 9.17) is 16.6 Å². The van der Waals surface area contributed by atoms with Crippen LogP contribution in [0.2, 0.25) is 5.02 Å². The van der Waals surface area contributed by atoms with Gasteiger partial charge in [0.05, 0.1) is 15.2 Å². The number of fused-ring (bicyclic) bond motifs is 1. The highest BCUT2D eigenvalue weighted by Gasteiger charge is 2.33. The number of hydrogen-bond acceptors (Lipinski definition) is 4. The molecule has 2 aromatic carbocycles. The second-order valence-corrected chi connectivity index (χ2v) is 9.02. The van der Waals surface area contributed by atoms with Crippen LogP contribution in [0.5, 0.6) is 0 Å². The molecule has 1 aliphatic heterocycles. The SMILES string of the molecule is CN(C)C(=O)C(c1ccccc1)N1CCC(c2nc3cc(Cl)ccc3s2)CC1. The molecule has 1 atom stereocenters. The number of nitrogens with zero attached hydrogens (tertiary/aromatic N) is 3. The van der Waals surface area contributed by atoms with Crippen molar-refractivity contribution in [2.24, 2.45) is 0 Å². The molecule has 0 N–H and O–H groups in total. The normalized spacial score (nSPS) is 17.0. The minimum absolute atomic E-state index is 0.138. The monoisotopic (exact) mass is 413 g/mol. The predicted octanol–water partition coefficient (Wildman–Crippen LogP) is 4.96. The molecule has 1 saturated heterocycles. The Balaban J connectivity index is 1.51. The van der Waals surface area contributed by atoms with Crippen LogP contribution in [-0.2, 0) is 4.79 Å². The average molecular weight is 414 g/mol. The molecular formula is C22H24ClN3OS. The highest BCUT2D eigenvalue weighted by molar-refractivity contribution is 7.18. The average Bonchev–Trinajstić information content (AvgIpc) is 3.12. The third kappa shape index (κ3) is 3.93. The Hall–Kier alpha value is -1.95. The van der Waals surface area contributed by atoms with E-state index < -0.39 is 0 Å². The zero-order valence-corrected chi connectivity index (χ0v) is 17.7. The van der Waals surface area contributed by atoms with Gasteiger partial charge in [-0.1, -0.05) is 41.9 Å². The second-order valence-electron chi connectivity index (χ2n) is 7.52. The van der Waals surface area contributed by atoms with E-state index in [1.54, 1.807) is 16.2 Å². The molecule has 3 aromatic rings. The zero-order chi connectivity index (χ0) is 19.7. The van der Waals surface area contributed by atoms with Crippen LogP contribution < -0.4 is 0 Å². The molecule has 1 amide bonds. The number of rotatable bonds is 4. The lowest BCUT2D eigenvalue weighted by Gasteiger charge is -2.37. The summed E-state index contributed by atoms with van der Waals surface area (Å²) in [7, 11) is 3.66. The summed E-state index contributed by atoms with van der Waals surface area (Å²) in [5, 5.41) is 1.92. The van der Waals surface area contributed by atoms with Crippen LogP contribution in [-0.4, -0.2) is 47.9 Å². The number of halogens is 1. The van der Waals surface area contributed by atoms with Crippen LogP contribution in [0.15, 0.2) is 48.5 Å². The number of piperidine rings is 1. The summed E-state index contributed by atoms with van der Waals surface area (Å²) >= 11 is 7.87. The number of carbonyl (C=O) groups is 1. The number of aromatic nitrogens is 1. The molecule has 4 nitrogen and oxygen atoms in total. The van der Waals surface area contributed by atoms with Gasteiger partial charge in [-0.3, -0.25) is 9.69 Å². The Kier molecular flexibility index (Phi) is 5.67. The van der Waals surface area contributed by atoms with E-state index in [1.807, 2.05) is 44.4 Å². The molecule has 0 bridgehead atoms. The van der Waals surface area contributed by atoms with Crippen molar-refractivity contribution in [1.29, 1.82) is 0 Å². The van der Waals surface area contributed by atoms with Gasteiger partial charge in [0, 0.05) is 25.0 Å². The van der Waals surface area contributed by atoms with Crippen molar-refractivity contribution >= 4 is 39.1 Å². The first kappa shape index (κ1) is 19.4. The summed E-state index contributed by atoms with van der Waals surface area (Å²) in [5.74, 6) is 0.581. The fourth-order valence-electron chi connectivity index (χ4n) is 3.89. The number of benzene rings is 2. The van der Waals surface area contributed by atoms with E-state index in [0.29, 0.717) is 5.92 Å². The van der Waals surface area contributed by atoms with Gasteiger partial charge in [-0.2, -0.15) is 0 Å². The lowest BCUT2D eigenvalue weighted by atomic mass is 9.94. The molecule has 28 heavy (non-hydrogen) atoms. The molecule has 1 aromatic heterocycles. The molecule has 1 fully saturated rings. The topological polar surface area (TPSA) is 36.4 Å². The Morgan fingerprint density at radius 1 is 1.18 bits per heavy atom. The highest BCUT2D eigenvalue weighted by atomic mass is 35.5. The Labute approximate surface area is 174 Å². The molecule has 146 valence electrons. The van der Waals surface area contributed by atoms with Crippen molar-refractivity contribution < 1.29 is 4.79 Å². The number of hydrogen-bond donors (Lipinski definition) is 0. The smallest absolute Gasteiger partial charge is 0.244 e. The lowest BCUT2D eigenvalue weighted by molar-refractivity contribution is -0.135. The Bertz CT molecular complexity index is 964. The van der Waals surface area contributed by atoms with Crippen molar-refractivity contribution in [2.45, 2.75) is 24.8 Å². The van der Waals surface area contributed by atoms with Crippen LogP contribution in [0.3, 0.4) is 0 Å². The minimum Gasteiger partial charge on any atom is -0.347 e. The van der Waals surface area contributed by atoms with Crippen molar-refractivity contribution in [3.63, 3.8) is 0 Å². The molecule has 1 aliphatic rings. The van der Waals surface area contributed by atoms with E-state index in [2.05, 4.69) is 23.1 Å². The Morgan fingerprint density at radius 3 is 2.57 bits per heavy atom. The van der Waals surface area contributed by atoms with Gasteiger partial charge >= 0.3 is 0 Å². The third-order valence-corrected chi connectivity index (χ3v) is 6.83. The predicted molar refractivity (Wildman–Crippen MR) is 116 cm³/mol. The van der Waals surface area contributed by atoms with Crippen molar-refractivity contribution in [1.82, 2.24) is 14.8 Å². The quantitative estimate of drug-likeness (QED) is 0.606. The van der Waals surface area contributed by atoms with Gasteiger partial charge in [-0.05, 0) is 49.7 Å². The maximum absolute atomic E-state index is 12.9. The van der Waals surface area contributed by atoms with E-state index in [9.17, 15) is 4.79 Å². The third-order valence-electron chi connectivity index (χ3n) is 5.40. The zero-order valence-electron chi connectivity index (χ0n) is 16.1. The first-order valence-corrected chi connectivity index (χ1v) is 10.8. The number of likely N-dealkylation sites (N-methyl/N-ethyl adjacent to an activating group) is 1. The van der Waals surface area contributed by atoms with Crippen molar-refractivity contribution in [3.8, 4) is 0 Å². The Morgan fingerprint density at radius 2 is 1.89 bits per heavy atom. The molecule has 1 unspecified atom stereocenters. The van der Waals surface area contributed by atoms with Crippen LogP contribution >= 0.6 is 22.9 Å². The number of carbonyl (C=O) groups excluding carboxylic acids is 1. The second kappa shape index (κ2) is 8.19. The summed E-state index contributed by atoms with van der Waals surface area (Å²) in [6.45, 7) is 1.78. The van der Waals surface area contributed by atoms with Gasteiger partial charge < -0.3 is 4.90 Å². The van der Waals surface area contributed by atoms with Gasteiger partial charge in [0.1, 0.15) is 6.04 Å². The maximum atomic E-state index is 12.9. The van der Waals surface area contributed by atoms with Crippen molar-refractivity contribution in [2.75, 3.05) is 27.2 Å². The molecule has 2 heterocycles. The first-order valence-electron chi connectivity index (χ1n) is 9.59. The van der Waals surface area contributed by atoms with Crippen LogP contribution in [0.4, 0.5) is 0 Å². The number of likely N-dealkylation sites (tertiary alicyclic amines) is 1. The van der Waals surface area contributed by atoms with E-state index in [1.165, 1.54) is 9.71 Å². The molecule has 6 heteroatoms. The fraction of sp³-hybridized carbons (Fsp3) is 0.364. The molecule has 4 rings (SSSR count). The molecule has 0 radical (unpaired) electrons. The van der Waals surface area contributed by atoms with Gasteiger partial charge in [0.15, 0.2) is 0 Å². The van der Waals surface area contributed by atoms with Crippen LogP contribution in [0.1, 0.15) is 35.4 Å². The molecule has 0 aliphatic carbocycles. The van der Waals surface area contributed by atoms with E-state index in [0.717, 1.165) is 42.0 Å². The van der Waals surface area contributed by atoms with Gasteiger partial charge in [-0.15, -0.1) is 11.3 Å². The lowest BCUT2D eigenvalue weighted by Crippen LogP contribution is -2.43. The summed E-state index contributed by atoms with van der Waals surface area (Å²) in [6, 6.07) is 15.8. The van der Waals surface area contributed by atoms with Gasteiger partial charge in [-0.25, -0.2) is 4.98 Å². The fourth-order valence-corrected chi connectivity index (χ4v) is 5.17. The summed E-state index contributed by atoms with van der Waals surface area (Å²) < 4.78 is 1.19. The highest BCUT2D eigenvalue weighted by Crippen LogP contribution is 2.37. The van der Waals surface area contributed by atoms with Gasteiger partial charge in [0.2, 0.25) is 5.91 Å². The number of amides is 1. The maximum Gasteiger partial charge on any atom is 0.244 e. The largest absolute Gasteiger partial charge is 0.347 e. The standard InChI is InChI=1S/C22H24ClN3OS/c1-25(2)22(27)20(15-6-4-3-5-7-15)26-12-10-16(11-13-26)21-24-18-14-17(23)8-9-19(18)28-21/h3-9,14,16,20H,10-13H2,1-2H3. The van der Waals surface area contributed by atoms with Crippen molar-refractivity contribution in [3.05, 3.63) is 64.1 Å². The minimum atomic E-state index is -0.216. The van der Waals surface area contributed by atoms with Gasteiger partial charge in [0.25, 0.3) is 0 Å². The van der Waals surface area contributed by atoms with E-state index in [-0.39, 0.29) is 11.9 Å². The van der Waals surface area contributed by atoms with E-state index >= 15 is 0 Å². The first-order chi connectivity index (χ1) is 13.5. The molecular weight excluding hydrogens is 390 g/mol. The van der Waals surface area contributed by atoms with Crippen LogP contribution in [0, 0.1) is 0 Å².